The van der Waals surface area contributed by atoms with Gasteiger partial charge in [-0.1, -0.05) is 18.2 Å². The van der Waals surface area contributed by atoms with Crippen LogP contribution in [0.25, 0.3) is 28.1 Å². The number of carbonyl (C=O) groups is 1. The van der Waals surface area contributed by atoms with Gasteiger partial charge in [-0.2, -0.15) is 5.10 Å². The number of fused-ring (bicyclic) bond motifs is 1. The molecule has 1 aliphatic rings. The van der Waals surface area contributed by atoms with Crippen LogP contribution in [0.4, 0.5) is 4.79 Å². The largest absolute Gasteiger partial charge is 0.333 e. The minimum Gasteiger partial charge on any atom is -0.333 e. The Bertz CT molecular complexity index is 1540. The molecule has 5 rings (SSSR count). The van der Waals surface area contributed by atoms with E-state index in [0.717, 1.165) is 43.5 Å². The zero-order valence-corrected chi connectivity index (χ0v) is 23.2. The van der Waals surface area contributed by atoms with Gasteiger partial charge in [0, 0.05) is 59.5 Å². The molecule has 0 spiro atoms. The summed E-state index contributed by atoms with van der Waals surface area (Å²) in [5.41, 5.74) is 3.63. The molecule has 1 aliphatic heterocycles. The first kappa shape index (κ1) is 25.7. The van der Waals surface area contributed by atoms with Crippen molar-refractivity contribution in [2.75, 3.05) is 13.1 Å². The summed E-state index contributed by atoms with van der Waals surface area (Å²) in [6.07, 6.45) is 9.61. The second-order valence-electron chi connectivity index (χ2n) is 10.7. The molecule has 9 nitrogen and oxygen atoms in total. The average Bonchev–Trinajstić information content (AvgIpc) is 3.42. The summed E-state index contributed by atoms with van der Waals surface area (Å²) in [4.78, 5) is 19.9. The van der Waals surface area contributed by atoms with Crippen LogP contribution in [0.15, 0.2) is 71.1 Å². The third kappa shape index (κ3) is 5.65. The highest BCUT2D eigenvalue weighted by molar-refractivity contribution is 7.99. The summed E-state index contributed by atoms with van der Waals surface area (Å²) in [6, 6.07) is 8.47. The summed E-state index contributed by atoms with van der Waals surface area (Å²) in [5.74, 6) is 0.779. The Morgan fingerprint density at radius 3 is 2.68 bits per heavy atom. The zero-order valence-electron chi connectivity index (χ0n) is 22.3. The summed E-state index contributed by atoms with van der Waals surface area (Å²) >= 11 is 1.56. The van der Waals surface area contributed by atoms with Gasteiger partial charge in [0.25, 0.3) is 0 Å². The summed E-state index contributed by atoms with van der Waals surface area (Å²) in [5, 5.41) is 18.0. The quantitative estimate of drug-likeness (QED) is 0.340. The number of urea groups is 1. The van der Waals surface area contributed by atoms with E-state index in [0.29, 0.717) is 13.1 Å². The Balaban J connectivity index is 1.29. The number of benzene rings is 1. The molecule has 1 fully saturated rings. The third-order valence-electron chi connectivity index (χ3n) is 6.19. The van der Waals surface area contributed by atoms with Gasteiger partial charge in [0.15, 0.2) is 11.0 Å². The van der Waals surface area contributed by atoms with Gasteiger partial charge in [-0.25, -0.2) is 4.79 Å². The van der Waals surface area contributed by atoms with Crippen molar-refractivity contribution in [3.63, 3.8) is 0 Å². The van der Waals surface area contributed by atoms with Crippen molar-refractivity contribution in [3.05, 3.63) is 66.9 Å². The molecule has 0 bridgehead atoms. The number of likely N-dealkylation sites (tertiary alicyclic amines) is 1. The monoisotopic (exact) mass is 528 g/mol. The predicted octanol–water partition coefficient (Wildman–Crippen LogP) is 5.33. The lowest BCUT2D eigenvalue weighted by Crippen LogP contribution is -2.57. The highest BCUT2D eigenvalue weighted by Crippen LogP contribution is 2.31. The maximum absolute atomic E-state index is 12.3. The van der Waals surface area contributed by atoms with E-state index >= 15 is 0 Å². The van der Waals surface area contributed by atoms with Crippen molar-refractivity contribution in [2.24, 2.45) is 7.05 Å². The maximum Gasteiger partial charge on any atom is 0.317 e. The highest BCUT2D eigenvalue weighted by atomic mass is 32.2. The number of pyridine rings is 1. The summed E-state index contributed by atoms with van der Waals surface area (Å²) < 4.78 is 3.91. The Kier molecular flexibility index (Phi) is 6.83. The normalized spacial score (nSPS) is 14.3. The molecule has 0 atom stereocenters. The fraction of sp³-hybridized carbons (Fsp3) is 0.321. The van der Waals surface area contributed by atoms with E-state index in [4.69, 9.17) is 0 Å². The number of hydrogen-bond donors (Lipinski definition) is 1. The number of aromatic nitrogens is 6. The highest BCUT2D eigenvalue weighted by Gasteiger charge is 2.33. The van der Waals surface area contributed by atoms with E-state index in [-0.39, 0.29) is 17.6 Å². The van der Waals surface area contributed by atoms with Gasteiger partial charge in [-0.05, 0) is 69.8 Å². The summed E-state index contributed by atoms with van der Waals surface area (Å²) in [7, 11) is 1.96. The topological polar surface area (TPSA) is 93.8 Å². The van der Waals surface area contributed by atoms with Crippen molar-refractivity contribution >= 4 is 34.8 Å². The molecule has 4 heterocycles. The van der Waals surface area contributed by atoms with E-state index < -0.39 is 0 Å². The smallest absolute Gasteiger partial charge is 0.317 e. The first-order valence-corrected chi connectivity index (χ1v) is 13.3. The number of carbonyl (C=O) groups excluding carboxylic acids is 1. The van der Waals surface area contributed by atoms with E-state index in [9.17, 15) is 4.79 Å². The van der Waals surface area contributed by atoms with Crippen LogP contribution in [0, 0.1) is 0 Å². The standard InChI is InChI=1S/C28H32N8OS/c1-18(2)7-10-25-32-33-27(34(25)6)38-23-8-9-24-19(12-23)11-20(13-29-24)21-14-30-36(15-21)22-16-35(17-22)26(37)31-28(3,4)5/h7-15,22H,1,16-17H2,2-6H3,(H,31,37)/b10-7-. The van der Waals surface area contributed by atoms with Gasteiger partial charge in [-0.15, -0.1) is 10.2 Å². The Morgan fingerprint density at radius 1 is 1.16 bits per heavy atom. The predicted molar refractivity (Wildman–Crippen MR) is 151 cm³/mol. The van der Waals surface area contributed by atoms with Crippen LogP contribution in [0.3, 0.4) is 0 Å². The average molecular weight is 529 g/mol. The molecule has 0 aliphatic carbocycles. The molecule has 0 saturated carbocycles. The van der Waals surface area contributed by atoms with Crippen molar-refractivity contribution in [1.82, 2.24) is 39.7 Å². The molecule has 1 saturated heterocycles. The van der Waals surface area contributed by atoms with Gasteiger partial charge in [-0.3, -0.25) is 9.67 Å². The lowest BCUT2D eigenvalue weighted by atomic mass is 10.1. The number of allylic oxidation sites excluding steroid dienone is 2. The Morgan fingerprint density at radius 2 is 1.95 bits per heavy atom. The van der Waals surface area contributed by atoms with Crippen LogP contribution in [-0.2, 0) is 7.05 Å². The Labute approximate surface area is 226 Å². The van der Waals surface area contributed by atoms with E-state index in [1.807, 2.05) is 91.8 Å². The first-order valence-electron chi connectivity index (χ1n) is 12.5. The molecule has 2 amide bonds. The van der Waals surface area contributed by atoms with E-state index in [1.54, 1.807) is 11.8 Å². The number of amides is 2. The van der Waals surface area contributed by atoms with Gasteiger partial charge < -0.3 is 14.8 Å². The first-order chi connectivity index (χ1) is 18.1. The SMILES string of the molecule is C=C(C)/C=C\c1nnc(Sc2ccc3ncc(-c4cnn(C5CN(C(=O)NC(C)(C)C)C5)c4)cc3c2)n1C. The zero-order chi connectivity index (χ0) is 27.0. The summed E-state index contributed by atoms with van der Waals surface area (Å²) in [6.45, 7) is 13.1. The number of nitrogens with one attached hydrogen (secondary N) is 1. The van der Waals surface area contributed by atoms with Gasteiger partial charge in [0.1, 0.15) is 0 Å². The number of nitrogens with zero attached hydrogens (tertiary/aromatic N) is 7. The van der Waals surface area contributed by atoms with Crippen LogP contribution < -0.4 is 5.32 Å². The van der Waals surface area contributed by atoms with E-state index in [1.165, 1.54) is 0 Å². The molecule has 4 aromatic rings. The molecule has 1 N–H and O–H groups in total. The maximum atomic E-state index is 12.3. The molecular formula is C28H32N8OS. The Hall–Kier alpha value is -3.92. The van der Waals surface area contributed by atoms with Crippen molar-refractivity contribution in [2.45, 2.75) is 49.3 Å². The third-order valence-corrected chi connectivity index (χ3v) is 7.22. The lowest BCUT2D eigenvalue weighted by molar-refractivity contribution is 0.113. The molecule has 0 unspecified atom stereocenters. The van der Waals surface area contributed by atoms with Gasteiger partial charge in [0.2, 0.25) is 0 Å². The molecule has 1 aromatic carbocycles. The minimum atomic E-state index is -0.248. The van der Waals surface area contributed by atoms with Crippen LogP contribution in [0.2, 0.25) is 0 Å². The fourth-order valence-electron chi connectivity index (χ4n) is 4.09. The van der Waals surface area contributed by atoms with Crippen molar-refractivity contribution < 1.29 is 4.79 Å². The molecule has 38 heavy (non-hydrogen) atoms. The van der Waals surface area contributed by atoms with Crippen LogP contribution in [0.1, 0.15) is 39.6 Å². The fourth-order valence-corrected chi connectivity index (χ4v) is 4.93. The second kappa shape index (κ2) is 10.1. The molecule has 196 valence electrons. The lowest BCUT2D eigenvalue weighted by Gasteiger charge is -2.40. The van der Waals surface area contributed by atoms with Crippen LogP contribution in [0.5, 0.6) is 0 Å². The van der Waals surface area contributed by atoms with Crippen LogP contribution in [-0.4, -0.2) is 59.1 Å². The molecule has 0 radical (unpaired) electrons. The molecule has 10 heteroatoms. The van der Waals surface area contributed by atoms with Gasteiger partial charge in [0.05, 0.1) is 17.8 Å². The van der Waals surface area contributed by atoms with E-state index in [2.05, 4.69) is 44.3 Å². The van der Waals surface area contributed by atoms with Crippen LogP contribution >= 0.6 is 11.8 Å². The molecule has 3 aromatic heterocycles. The van der Waals surface area contributed by atoms with Crippen molar-refractivity contribution in [1.29, 1.82) is 0 Å². The second-order valence-corrected chi connectivity index (χ2v) is 11.7. The minimum absolute atomic E-state index is 0.0330. The van der Waals surface area contributed by atoms with Crippen molar-refractivity contribution in [3.8, 4) is 11.1 Å². The number of rotatable bonds is 6. The van der Waals surface area contributed by atoms with Gasteiger partial charge >= 0.3 is 6.03 Å². The number of hydrogen-bond acceptors (Lipinski definition) is 6. The molecular weight excluding hydrogens is 496 g/mol.